The number of hydrogen-bond acceptors (Lipinski definition) is 9. The molecule has 0 unspecified atom stereocenters. The Morgan fingerprint density at radius 3 is 2.17 bits per heavy atom. The number of nitrogens with one attached hydrogen (secondary N) is 1. The first-order valence-electron chi connectivity index (χ1n) is 9.18. The van der Waals surface area contributed by atoms with Crippen molar-refractivity contribution in [3.8, 4) is 23.0 Å². The number of carbonyl (C=O) groups excluding carboxylic acids is 1. The van der Waals surface area contributed by atoms with Gasteiger partial charge in [-0.05, 0) is 24.3 Å². The van der Waals surface area contributed by atoms with Crippen LogP contribution in [0.1, 0.15) is 15.9 Å². The summed E-state index contributed by atoms with van der Waals surface area (Å²) in [6.45, 7) is 0.764. The molecule has 3 aromatic rings. The zero-order valence-corrected chi connectivity index (χ0v) is 17.3. The number of rotatable bonds is 9. The molecule has 0 spiro atoms. The minimum atomic E-state index is -0.308. The predicted molar refractivity (Wildman–Crippen MR) is 114 cm³/mol. The number of fused-ring (bicyclic) bond motifs is 1. The summed E-state index contributed by atoms with van der Waals surface area (Å²) < 4.78 is 27.2. The van der Waals surface area contributed by atoms with Crippen LogP contribution in [0.2, 0.25) is 0 Å². The smallest absolute Gasteiger partial charge is 0.205 e. The van der Waals surface area contributed by atoms with E-state index in [2.05, 4.69) is 5.32 Å². The summed E-state index contributed by atoms with van der Waals surface area (Å²) in [7, 11) is 5.98. The number of methoxy groups -OCH3 is 4. The van der Waals surface area contributed by atoms with Crippen LogP contribution in [-0.2, 0) is 0 Å². The minimum absolute atomic E-state index is 0.272. The lowest BCUT2D eigenvalue weighted by Gasteiger charge is -2.14. The molecule has 0 radical (unpaired) electrons. The highest BCUT2D eigenvalue weighted by atomic mass is 16.5. The van der Waals surface area contributed by atoms with Crippen molar-refractivity contribution in [2.24, 2.45) is 5.73 Å². The number of hydrogen-bond donors (Lipinski definition) is 3. The number of nitrogens with two attached hydrogens (primary N) is 2. The number of ketones is 1. The second-order valence-corrected chi connectivity index (χ2v) is 6.32. The second-order valence-electron chi connectivity index (χ2n) is 6.32. The van der Waals surface area contributed by atoms with Crippen molar-refractivity contribution in [2.45, 2.75) is 0 Å². The van der Waals surface area contributed by atoms with Crippen LogP contribution in [0.5, 0.6) is 23.0 Å². The van der Waals surface area contributed by atoms with E-state index in [-0.39, 0.29) is 11.7 Å². The summed E-state index contributed by atoms with van der Waals surface area (Å²) in [6, 6.07) is 6.59. The monoisotopic (exact) mass is 415 g/mol. The summed E-state index contributed by atoms with van der Waals surface area (Å²) in [5, 5.41) is 3.60. The van der Waals surface area contributed by atoms with Crippen LogP contribution in [0.3, 0.4) is 0 Å². The SMILES string of the molecule is COc1cc(C(=O)c2c(NCCN)oc3c(N)c(OC)ccc23)cc(OC)c1OC. The van der Waals surface area contributed by atoms with E-state index < -0.39 is 0 Å². The normalized spacial score (nSPS) is 10.7. The first-order valence-corrected chi connectivity index (χ1v) is 9.18. The highest BCUT2D eigenvalue weighted by Crippen LogP contribution is 2.42. The first kappa shape index (κ1) is 21.1. The molecule has 0 amide bonds. The molecule has 9 heteroatoms. The second kappa shape index (κ2) is 8.83. The van der Waals surface area contributed by atoms with Gasteiger partial charge in [-0.2, -0.15) is 0 Å². The molecule has 3 rings (SSSR count). The third-order valence-electron chi connectivity index (χ3n) is 4.66. The number of benzene rings is 2. The van der Waals surface area contributed by atoms with Crippen LogP contribution < -0.4 is 35.7 Å². The summed E-state index contributed by atoms with van der Waals surface area (Å²) in [4.78, 5) is 13.6. The van der Waals surface area contributed by atoms with Crippen LogP contribution >= 0.6 is 0 Å². The lowest BCUT2D eigenvalue weighted by Crippen LogP contribution is -2.14. The fourth-order valence-corrected chi connectivity index (χ4v) is 3.23. The van der Waals surface area contributed by atoms with Crippen molar-refractivity contribution in [3.63, 3.8) is 0 Å². The third-order valence-corrected chi connectivity index (χ3v) is 4.66. The molecule has 0 atom stereocenters. The number of ether oxygens (including phenoxy) is 4. The Balaban J connectivity index is 2.22. The molecule has 0 aliphatic carbocycles. The molecule has 0 aliphatic rings. The number of carbonyl (C=O) groups is 1. The minimum Gasteiger partial charge on any atom is -0.494 e. The van der Waals surface area contributed by atoms with Crippen molar-refractivity contribution in [1.82, 2.24) is 0 Å². The van der Waals surface area contributed by atoms with Gasteiger partial charge in [0.2, 0.25) is 11.6 Å². The standard InChI is InChI=1S/C21H25N3O6/c1-26-13-6-5-12-16(21(24-8-7-22)30-19(12)17(13)23)18(25)11-9-14(27-2)20(29-4)15(10-11)28-3/h5-6,9-10,24H,7-8,22-23H2,1-4H3. The summed E-state index contributed by atoms with van der Waals surface area (Å²) in [5.41, 5.74) is 13.1. The summed E-state index contributed by atoms with van der Waals surface area (Å²) in [5.74, 6) is 1.54. The fourth-order valence-electron chi connectivity index (χ4n) is 3.23. The van der Waals surface area contributed by atoms with Gasteiger partial charge in [0.15, 0.2) is 22.9 Å². The van der Waals surface area contributed by atoms with Gasteiger partial charge >= 0.3 is 0 Å². The average Bonchev–Trinajstić information content (AvgIpc) is 3.15. The highest BCUT2D eigenvalue weighted by molar-refractivity contribution is 6.20. The number of anilines is 2. The third kappa shape index (κ3) is 3.55. The molecule has 0 bridgehead atoms. The Bertz CT molecular complexity index is 1050. The Kier molecular flexibility index (Phi) is 6.22. The van der Waals surface area contributed by atoms with Gasteiger partial charge in [-0.15, -0.1) is 0 Å². The van der Waals surface area contributed by atoms with E-state index >= 15 is 0 Å². The Morgan fingerprint density at radius 1 is 1.00 bits per heavy atom. The van der Waals surface area contributed by atoms with E-state index in [1.54, 1.807) is 24.3 Å². The first-order chi connectivity index (χ1) is 14.5. The van der Waals surface area contributed by atoms with Crippen LogP contribution in [0, 0.1) is 0 Å². The van der Waals surface area contributed by atoms with Gasteiger partial charge in [0.05, 0.1) is 34.0 Å². The van der Waals surface area contributed by atoms with E-state index in [1.807, 2.05) is 0 Å². The molecule has 9 nitrogen and oxygen atoms in total. The number of nitrogen functional groups attached to an aromatic ring is 1. The van der Waals surface area contributed by atoms with E-state index in [4.69, 9.17) is 34.8 Å². The molecule has 30 heavy (non-hydrogen) atoms. The zero-order valence-electron chi connectivity index (χ0n) is 17.3. The molecule has 0 aliphatic heterocycles. The van der Waals surface area contributed by atoms with Crippen LogP contribution in [0.4, 0.5) is 11.6 Å². The van der Waals surface area contributed by atoms with Gasteiger partial charge in [0, 0.05) is 24.0 Å². The molecule has 2 aromatic carbocycles. The van der Waals surface area contributed by atoms with Gasteiger partial charge in [0.1, 0.15) is 11.4 Å². The average molecular weight is 415 g/mol. The van der Waals surface area contributed by atoms with Gasteiger partial charge in [-0.1, -0.05) is 0 Å². The predicted octanol–water partition coefficient (Wildman–Crippen LogP) is 2.65. The maximum atomic E-state index is 13.6. The van der Waals surface area contributed by atoms with E-state index in [9.17, 15) is 4.79 Å². The van der Waals surface area contributed by atoms with Crippen LogP contribution in [0.15, 0.2) is 28.7 Å². The highest BCUT2D eigenvalue weighted by Gasteiger charge is 2.26. The molecular formula is C21H25N3O6. The van der Waals surface area contributed by atoms with Crippen molar-refractivity contribution >= 4 is 28.3 Å². The summed E-state index contributed by atoms with van der Waals surface area (Å²) >= 11 is 0. The lowest BCUT2D eigenvalue weighted by molar-refractivity contribution is 0.103. The molecule has 0 saturated heterocycles. The largest absolute Gasteiger partial charge is 0.494 e. The topological polar surface area (TPSA) is 131 Å². The van der Waals surface area contributed by atoms with Crippen LogP contribution in [-0.4, -0.2) is 47.3 Å². The molecule has 0 saturated carbocycles. The van der Waals surface area contributed by atoms with Gasteiger partial charge < -0.3 is 40.1 Å². The quantitative estimate of drug-likeness (QED) is 0.356. The van der Waals surface area contributed by atoms with Gasteiger partial charge in [-0.3, -0.25) is 4.79 Å². The van der Waals surface area contributed by atoms with E-state index in [0.717, 1.165) is 0 Å². The van der Waals surface area contributed by atoms with Gasteiger partial charge in [0.25, 0.3) is 0 Å². The molecule has 160 valence electrons. The van der Waals surface area contributed by atoms with E-state index in [1.165, 1.54) is 28.4 Å². The number of furan rings is 1. The van der Waals surface area contributed by atoms with Crippen LogP contribution in [0.25, 0.3) is 11.0 Å². The van der Waals surface area contributed by atoms with Gasteiger partial charge in [-0.25, -0.2) is 0 Å². The van der Waals surface area contributed by atoms with E-state index in [0.29, 0.717) is 63.9 Å². The summed E-state index contributed by atoms with van der Waals surface area (Å²) in [6.07, 6.45) is 0. The maximum Gasteiger partial charge on any atom is 0.205 e. The molecular weight excluding hydrogens is 390 g/mol. The molecule has 1 aromatic heterocycles. The molecule has 5 N–H and O–H groups in total. The van der Waals surface area contributed by atoms with Crippen molar-refractivity contribution < 1.29 is 28.2 Å². The van der Waals surface area contributed by atoms with Crippen molar-refractivity contribution in [1.29, 1.82) is 0 Å². The Morgan fingerprint density at radius 2 is 1.63 bits per heavy atom. The Hall–Kier alpha value is -3.59. The Labute approximate surface area is 173 Å². The fraction of sp³-hybridized carbons (Fsp3) is 0.286. The molecule has 0 fully saturated rings. The maximum absolute atomic E-state index is 13.6. The zero-order chi connectivity index (χ0) is 21.8. The lowest BCUT2D eigenvalue weighted by atomic mass is 10.00. The van der Waals surface area contributed by atoms with Crippen molar-refractivity contribution in [2.75, 3.05) is 52.6 Å². The van der Waals surface area contributed by atoms with Crippen molar-refractivity contribution in [3.05, 3.63) is 35.4 Å². The molecule has 1 heterocycles.